The fourth-order valence-electron chi connectivity index (χ4n) is 6.36. The second-order valence-corrected chi connectivity index (χ2v) is 9.78. The smallest absolute Gasteiger partial charge is 0.441 e. The third-order valence-electron chi connectivity index (χ3n) is 7.99. The summed E-state index contributed by atoms with van der Waals surface area (Å²) in [6.07, 6.45) is 6.85. The zero-order valence-electron chi connectivity index (χ0n) is 19.9. The van der Waals surface area contributed by atoms with Gasteiger partial charge in [0.2, 0.25) is 0 Å². The molecular formula is C29H29N3O3. The maximum atomic E-state index is 11.9. The molecule has 35 heavy (non-hydrogen) atoms. The third-order valence-corrected chi connectivity index (χ3v) is 7.99. The SMILES string of the molecule is CCn1c(-c2ccc(C3(c4ccc(OCc5ccccn5)cc4)CC4CCC3C4)cc2)noc1=O. The number of hydrogen-bond acceptors (Lipinski definition) is 5. The van der Waals surface area contributed by atoms with Crippen LogP contribution >= 0.6 is 0 Å². The highest BCUT2D eigenvalue weighted by Gasteiger charge is 2.52. The van der Waals surface area contributed by atoms with Gasteiger partial charge in [-0.15, -0.1) is 0 Å². The highest BCUT2D eigenvalue weighted by molar-refractivity contribution is 5.57. The summed E-state index contributed by atoms with van der Waals surface area (Å²) >= 11 is 0. The van der Waals surface area contributed by atoms with Crippen molar-refractivity contribution in [3.63, 3.8) is 0 Å². The second-order valence-electron chi connectivity index (χ2n) is 9.78. The largest absolute Gasteiger partial charge is 0.487 e. The summed E-state index contributed by atoms with van der Waals surface area (Å²) in [7, 11) is 0. The predicted octanol–water partition coefficient (Wildman–Crippen LogP) is 5.60. The Kier molecular flexibility index (Phi) is 5.51. The van der Waals surface area contributed by atoms with Crippen molar-refractivity contribution in [3.05, 3.63) is 100 Å². The number of aromatic nitrogens is 3. The number of fused-ring (bicyclic) bond motifs is 2. The topological polar surface area (TPSA) is 70.2 Å². The number of rotatable bonds is 7. The van der Waals surface area contributed by atoms with E-state index in [4.69, 9.17) is 9.26 Å². The van der Waals surface area contributed by atoms with Crippen LogP contribution in [0.1, 0.15) is 49.4 Å². The molecule has 4 aromatic rings. The quantitative estimate of drug-likeness (QED) is 0.354. The van der Waals surface area contributed by atoms with Crippen LogP contribution in [0.25, 0.3) is 11.4 Å². The lowest BCUT2D eigenvalue weighted by Gasteiger charge is -2.39. The van der Waals surface area contributed by atoms with E-state index < -0.39 is 5.76 Å². The molecule has 2 heterocycles. The van der Waals surface area contributed by atoms with Gasteiger partial charge < -0.3 is 4.74 Å². The van der Waals surface area contributed by atoms with Crippen molar-refractivity contribution in [3.8, 4) is 17.1 Å². The molecule has 0 N–H and O–H groups in total. The summed E-state index contributed by atoms with van der Waals surface area (Å²) in [4.78, 5) is 16.3. The summed E-state index contributed by atoms with van der Waals surface area (Å²) in [6.45, 7) is 2.91. The standard InChI is InChI=1S/C29H29N3O3/c1-2-32-27(31-35-28(32)33)21-7-10-22(11-8-21)29(18-20-6-9-24(29)17-20)23-12-14-26(15-13-23)34-19-25-5-3-4-16-30-25/h3-5,7-8,10-16,20,24H,2,6,9,17-19H2,1H3. The van der Waals surface area contributed by atoms with E-state index in [1.54, 1.807) is 10.8 Å². The molecule has 6 nitrogen and oxygen atoms in total. The van der Waals surface area contributed by atoms with Crippen LogP contribution in [0.2, 0.25) is 0 Å². The van der Waals surface area contributed by atoms with E-state index in [1.807, 2.05) is 25.1 Å². The van der Waals surface area contributed by atoms with E-state index in [0.29, 0.717) is 24.9 Å². The molecule has 2 bridgehead atoms. The Morgan fingerprint density at radius 1 is 1.03 bits per heavy atom. The molecule has 178 valence electrons. The monoisotopic (exact) mass is 467 g/mol. The number of hydrogen-bond donors (Lipinski definition) is 0. The Labute approximate surface area is 204 Å². The molecule has 3 unspecified atom stereocenters. The van der Waals surface area contributed by atoms with Gasteiger partial charge in [-0.2, -0.15) is 0 Å². The van der Waals surface area contributed by atoms with Gasteiger partial charge in [0.1, 0.15) is 12.4 Å². The Morgan fingerprint density at radius 3 is 2.43 bits per heavy atom. The molecule has 6 rings (SSSR count). The van der Waals surface area contributed by atoms with Crippen LogP contribution in [0.5, 0.6) is 5.75 Å². The maximum Gasteiger partial charge on any atom is 0.441 e. The average molecular weight is 468 g/mol. The van der Waals surface area contributed by atoms with Crippen LogP contribution in [-0.4, -0.2) is 14.7 Å². The minimum atomic E-state index is -0.415. The van der Waals surface area contributed by atoms with Gasteiger partial charge in [-0.1, -0.05) is 54.0 Å². The fourth-order valence-corrected chi connectivity index (χ4v) is 6.36. The van der Waals surface area contributed by atoms with Crippen molar-refractivity contribution in [1.82, 2.24) is 14.7 Å². The summed E-state index contributed by atoms with van der Waals surface area (Å²) in [6, 6.07) is 23.1. The Hall–Kier alpha value is -3.67. The van der Waals surface area contributed by atoms with Gasteiger partial charge in [-0.05, 0) is 73.4 Å². The molecule has 2 fully saturated rings. The lowest BCUT2D eigenvalue weighted by atomic mass is 9.64. The summed E-state index contributed by atoms with van der Waals surface area (Å²) in [5, 5.41) is 4.00. The molecule has 0 spiro atoms. The van der Waals surface area contributed by atoms with Crippen molar-refractivity contribution < 1.29 is 9.26 Å². The predicted molar refractivity (Wildman–Crippen MR) is 133 cm³/mol. The average Bonchev–Trinajstić information content (AvgIpc) is 3.63. The van der Waals surface area contributed by atoms with E-state index in [9.17, 15) is 4.79 Å². The van der Waals surface area contributed by atoms with E-state index in [-0.39, 0.29) is 5.41 Å². The Morgan fingerprint density at radius 2 is 1.80 bits per heavy atom. The summed E-state index contributed by atoms with van der Waals surface area (Å²) in [5.41, 5.74) is 4.52. The van der Waals surface area contributed by atoms with E-state index in [1.165, 1.54) is 36.8 Å². The van der Waals surface area contributed by atoms with E-state index in [2.05, 4.69) is 58.7 Å². The van der Waals surface area contributed by atoms with Crippen LogP contribution in [0, 0.1) is 11.8 Å². The normalized spacial score (nSPS) is 23.0. The van der Waals surface area contributed by atoms with Crippen LogP contribution in [0.4, 0.5) is 0 Å². The first-order valence-electron chi connectivity index (χ1n) is 12.5. The summed E-state index contributed by atoms with van der Waals surface area (Å²) < 4.78 is 12.5. The number of ether oxygens (including phenoxy) is 1. The molecule has 0 radical (unpaired) electrons. The van der Waals surface area contributed by atoms with Gasteiger partial charge in [0.15, 0.2) is 5.82 Å². The van der Waals surface area contributed by atoms with E-state index >= 15 is 0 Å². The van der Waals surface area contributed by atoms with Crippen LogP contribution in [-0.2, 0) is 18.6 Å². The van der Waals surface area contributed by atoms with Crippen molar-refractivity contribution in [1.29, 1.82) is 0 Å². The Bertz CT molecular complexity index is 1360. The molecule has 2 aliphatic rings. The zero-order valence-corrected chi connectivity index (χ0v) is 19.9. The van der Waals surface area contributed by atoms with Crippen molar-refractivity contribution in [2.75, 3.05) is 0 Å². The molecule has 0 aliphatic heterocycles. The number of pyridine rings is 1. The molecule has 0 saturated heterocycles. The first-order valence-corrected chi connectivity index (χ1v) is 12.5. The van der Waals surface area contributed by atoms with Crippen molar-refractivity contribution in [2.45, 2.75) is 51.2 Å². The molecule has 2 aliphatic carbocycles. The summed E-state index contributed by atoms with van der Waals surface area (Å²) in [5.74, 6) is 2.44. The third kappa shape index (κ3) is 3.77. The minimum absolute atomic E-state index is 0.00914. The van der Waals surface area contributed by atoms with Gasteiger partial charge in [-0.25, -0.2) is 4.79 Å². The molecule has 2 saturated carbocycles. The molecular weight excluding hydrogens is 438 g/mol. The molecule has 2 aromatic carbocycles. The molecule has 2 aromatic heterocycles. The number of benzene rings is 2. The van der Waals surface area contributed by atoms with Gasteiger partial charge in [0, 0.05) is 23.7 Å². The molecule has 3 atom stereocenters. The fraction of sp³-hybridized carbons (Fsp3) is 0.345. The van der Waals surface area contributed by atoms with Crippen LogP contribution < -0.4 is 10.5 Å². The number of nitrogens with zero attached hydrogens (tertiary/aromatic N) is 3. The second kappa shape index (κ2) is 8.84. The van der Waals surface area contributed by atoms with Crippen LogP contribution in [0.15, 0.2) is 82.2 Å². The first kappa shape index (κ1) is 21.8. The van der Waals surface area contributed by atoms with Crippen LogP contribution in [0.3, 0.4) is 0 Å². The zero-order chi connectivity index (χ0) is 23.8. The lowest BCUT2D eigenvalue weighted by Crippen LogP contribution is -2.34. The van der Waals surface area contributed by atoms with Gasteiger partial charge in [-0.3, -0.25) is 14.1 Å². The molecule has 6 heteroatoms. The van der Waals surface area contributed by atoms with Gasteiger partial charge in [0.25, 0.3) is 0 Å². The van der Waals surface area contributed by atoms with E-state index in [0.717, 1.165) is 22.9 Å². The van der Waals surface area contributed by atoms with Crippen molar-refractivity contribution >= 4 is 0 Å². The lowest BCUT2D eigenvalue weighted by molar-refractivity contribution is 0.299. The highest BCUT2D eigenvalue weighted by Crippen LogP contribution is 2.60. The van der Waals surface area contributed by atoms with Gasteiger partial charge >= 0.3 is 5.76 Å². The Balaban J connectivity index is 1.30. The van der Waals surface area contributed by atoms with Gasteiger partial charge in [0.05, 0.1) is 5.69 Å². The molecule has 0 amide bonds. The van der Waals surface area contributed by atoms with Crippen molar-refractivity contribution in [2.24, 2.45) is 11.8 Å². The minimum Gasteiger partial charge on any atom is -0.487 e. The maximum absolute atomic E-state index is 11.9. The first-order chi connectivity index (χ1) is 17.2. The highest BCUT2D eigenvalue weighted by atomic mass is 16.5.